The zero-order valence-electron chi connectivity index (χ0n) is 9.21. The van der Waals surface area contributed by atoms with Crippen molar-refractivity contribution in [2.24, 2.45) is 5.11 Å². The maximum atomic E-state index is 8.18. The summed E-state index contributed by atoms with van der Waals surface area (Å²) in [5.41, 5.74) is 8.75. The first-order valence-corrected chi connectivity index (χ1v) is 4.65. The van der Waals surface area contributed by atoms with Gasteiger partial charge in [-0.2, -0.15) is 5.10 Å². The first-order chi connectivity index (χ1) is 7.10. The molecule has 0 atom stereocenters. The monoisotopic (exact) mass is 209 g/mol. The molecule has 0 aromatic carbocycles. The van der Waals surface area contributed by atoms with Crippen molar-refractivity contribution >= 4 is 0 Å². The molecule has 0 spiro atoms. The van der Waals surface area contributed by atoms with Gasteiger partial charge in [-0.3, -0.25) is 4.68 Å². The van der Waals surface area contributed by atoms with Crippen molar-refractivity contribution in [1.82, 2.24) is 9.78 Å². The van der Waals surface area contributed by atoms with Crippen molar-refractivity contribution in [2.75, 3.05) is 13.7 Å². The van der Waals surface area contributed by atoms with Crippen LogP contribution in [0.2, 0.25) is 0 Å². The molecule has 0 aliphatic heterocycles. The van der Waals surface area contributed by atoms with Crippen molar-refractivity contribution < 1.29 is 4.74 Å². The quantitative estimate of drug-likeness (QED) is 0.423. The zero-order chi connectivity index (χ0) is 11.3. The van der Waals surface area contributed by atoms with Gasteiger partial charge in [-0.05, 0) is 25.4 Å². The van der Waals surface area contributed by atoms with Gasteiger partial charge < -0.3 is 4.74 Å². The van der Waals surface area contributed by atoms with E-state index in [0.717, 1.165) is 5.69 Å². The molecule has 0 unspecified atom stereocenters. The standard InChI is InChI=1S/C9H15N5O/c1-9(2,7-15-3)14-5-4-8(12-14)6-11-13-10/h4-5H,6-7H2,1-3H3. The van der Waals surface area contributed by atoms with E-state index in [-0.39, 0.29) is 12.1 Å². The molecule has 0 fully saturated rings. The lowest BCUT2D eigenvalue weighted by Gasteiger charge is -2.24. The number of methoxy groups -OCH3 is 1. The van der Waals surface area contributed by atoms with Gasteiger partial charge in [-0.25, -0.2) is 0 Å². The number of nitrogens with zero attached hydrogens (tertiary/aromatic N) is 5. The maximum absolute atomic E-state index is 8.18. The van der Waals surface area contributed by atoms with Gasteiger partial charge in [0.2, 0.25) is 0 Å². The summed E-state index contributed by atoms with van der Waals surface area (Å²) in [5.74, 6) is 0. The molecule has 0 bridgehead atoms. The fourth-order valence-electron chi connectivity index (χ4n) is 1.31. The van der Waals surface area contributed by atoms with E-state index in [2.05, 4.69) is 15.1 Å². The highest BCUT2D eigenvalue weighted by molar-refractivity contribution is 5.00. The SMILES string of the molecule is COCC(C)(C)n1ccc(CN=[N+]=[N-])n1. The lowest BCUT2D eigenvalue weighted by molar-refractivity contribution is 0.101. The van der Waals surface area contributed by atoms with Gasteiger partial charge in [0.15, 0.2) is 0 Å². The van der Waals surface area contributed by atoms with E-state index >= 15 is 0 Å². The predicted octanol–water partition coefficient (Wildman–Crippen LogP) is 2.07. The Morgan fingerprint density at radius 1 is 1.67 bits per heavy atom. The third-order valence-corrected chi connectivity index (χ3v) is 2.06. The summed E-state index contributed by atoms with van der Waals surface area (Å²) < 4.78 is 6.93. The Balaban J connectivity index is 2.78. The number of hydrogen-bond donors (Lipinski definition) is 0. The van der Waals surface area contributed by atoms with Crippen LogP contribution in [0.4, 0.5) is 0 Å². The molecule has 1 rings (SSSR count). The van der Waals surface area contributed by atoms with Gasteiger partial charge in [-0.15, -0.1) is 0 Å². The van der Waals surface area contributed by atoms with Crippen LogP contribution in [-0.4, -0.2) is 23.5 Å². The average molecular weight is 209 g/mol. The Morgan fingerprint density at radius 2 is 2.40 bits per heavy atom. The molecule has 0 radical (unpaired) electrons. The van der Waals surface area contributed by atoms with Gasteiger partial charge in [0.1, 0.15) is 0 Å². The molecule has 0 N–H and O–H groups in total. The highest BCUT2D eigenvalue weighted by atomic mass is 16.5. The fraction of sp³-hybridized carbons (Fsp3) is 0.667. The van der Waals surface area contributed by atoms with Crippen LogP contribution in [0.1, 0.15) is 19.5 Å². The molecule has 15 heavy (non-hydrogen) atoms. The van der Waals surface area contributed by atoms with Gasteiger partial charge in [0.05, 0.1) is 24.4 Å². The highest BCUT2D eigenvalue weighted by Crippen LogP contribution is 2.14. The third kappa shape index (κ3) is 2.97. The fourth-order valence-corrected chi connectivity index (χ4v) is 1.31. The normalized spacial score (nSPS) is 11.1. The smallest absolute Gasteiger partial charge is 0.0803 e. The second-order valence-corrected chi connectivity index (χ2v) is 3.89. The largest absolute Gasteiger partial charge is 0.382 e. The minimum atomic E-state index is -0.191. The molecule has 82 valence electrons. The molecule has 6 nitrogen and oxygen atoms in total. The Morgan fingerprint density at radius 3 is 3.00 bits per heavy atom. The van der Waals surface area contributed by atoms with Gasteiger partial charge >= 0.3 is 0 Å². The van der Waals surface area contributed by atoms with E-state index in [1.54, 1.807) is 7.11 Å². The van der Waals surface area contributed by atoms with E-state index in [0.29, 0.717) is 6.61 Å². The molecule has 1 heterocycles. The Kier molecular flexibility index (Phi) is 3.71. The minimum absolute atomic E-state index is 0.191. The van der Waals surface area contributed by atoms with Crippen molar-refractivity contribution in [3.8, 4) is 0 Å². The lowest BCUT2D eigenvalue weighted by Crippen LogP contribution is -2.32. The summed E-state index contributed by atoms with van der Waals surface area (Å²) in [6.07, 6.45) is 1.86. The number of azide groups is 1. The van der Waals surface area contributed by atoms with Crippen LogP contribution in [0.25, 0.3) is 10.4 Å². The van der Waals surface area contributed by atoms with Crippen molar-refractivity contribution in [2.45, 2.75) is 25.9 Å². The summed E-state index contributed by atoms with van der Waals surface area (Å²) in [5, 5.41) is 7.77. The summed E-state index contributed by atoms with van der Waals surface area (Å²) in [4.78, 5) is 2.69. The van der Waals surface area contributed by atoms with Crippen LogP contribution in [0.15, 0.2) is 17.4 Å². The van der Waals surface area contributed by atoms with Gasteiger partial charge in [-0.1, -0.05) is 5.11 Å². The van der Waals surface area contributed by atoms with Crippen molar-refractivity contribution in [3.05, 3.63) is 28.4 Å². The van der Waals surface area contributed by atoms with Crippen molar-refractivity contribution in [3.63, 3.8) is 0 Å². The second kappa shape index (κ2) is 4.82. The molecule has 1 aromatic heterocycles. The summed E-state index contributed by atoms with van der Waals surface area (Å²) in [6.45, 7) is 4.92. The third-order valence-electron chi connectivity index (χ3n) is 2.06. The molecular formula is C9H15N5O. The minimum Gasteiger partial charge on any atom is -0.382 e. The molecule has 0 aliphatic carbocycles. The molecule has 0 saturated heterocycles. The Hall–Kier alpha value is -1.52. The Bertz CT molecular complexity index is 364. The molecule has 0 aliphatic rings. The number of hydrogen-bond acceptors (Lipinski definition) is 3. The summed E-state index contributed by atoms with van der Waals surface area (Å²) in [6, 6.07) is 1.84. The van der Waals surface area contributed by atoms with Crippen LogP contribution < -0.4 is 0 Å². The van der Waals surface area contributed by atoms with Crippen LogP contribution in [-0.2, 0) is 16.8 Å². The Labute approximate surface area is 88.5 Å². The number of ether oxygens (including phenoxy) is 1. The number of rotatable bonds is 5. The number of aromatic nitrogens is 2. The van der Waals surface area contributed by atoms with Crippen molar-refractivity contribution in [1.29, 1.82) is 0 Å². The zero-order valence-corrected chi connectivity index (χ0v) is 9.21. The molecule has 1 aromatic rings. The first kappa shape index (κ1) is 11.6. The molecule has 0 amide bonds. The van der Waals surface area contributed by atoms with Crippen LogP contribution in [0.5, 0.6) is 0 Å². The van der Waals surface area contributed by atoms with E-state index < -0.39 is 0 Å². The average Bonchev–Trinajstić information content (AvgIpc) is 2.63. The van der Waals surface area contributed by atoms with Gasteiger partial charge in [0, 0.05) is 18.2 Å². The van der Waals surface area contributed by atoms with Crippen LogP contribution >= 0.6 is 0 Å². The van der Waals surface area contributed by atoms with Crippen LogP contribution in [0.3, 0.4) is 0 Å². The molecular weight excluding hydrogens is 194 g/mol. The summed E-state index contributed by atoms with van der Waals surface area (Å²) >= 11 is 0. The van der Waals surface area contributed by atoms with E-state index in [4.69, 9.17) is 10.3 Å². The topological polar surface area (TPSA) is 75.8 Å². The predicted molar refractivity (Wildman–Crippen MR) is 56.3 cm³/mol. The highest BCUT2D eigenvalue weighted by Gasteiger charge is 2.20. The van der Waals surface area contributed by atoms with E-state index in [1.807, 2.05) is 30.8 Å². The van der Waals surface area contributed by atoms with E-state index in [1.165, 1.54) is 0 Å². The molecule has 0 saturated carbocycles. The first-order valence-electron chi connectivity index (χ1n) is 4.65. The summed E-state index contributed by atoms with van der Waals surface area (Å²) in [7, 11) is 1.66. The van der Waals surface area contributed by atoms with Crippen LogP contribution in [0, 0.1) is 0 Å². The van der Waals surface area contributed by atoms with E-state index in [9.17, 15) is 0 Å². The second-order valence-electron chi connectivity index (χ2n) is 3.89. The maximum Gasteiger partial charge on any atom is 0.0803 e. The molecule has 6 heteroatoms. The lowest BCUT2D eigenvalue weighted by atomic mass is 10.1. The van der Waals surface area contributed by atoms with Gasteiger partial charge in [0.25, 0.3) is 0 Å².